The van der Waals surface area contributed by atoms with E-state index in [-0.39, 0.29) is 29.9 Å². The fraction of sp³-hybridized carbons (Fsp3) is 0.368. The number of fused-ring (bicyclic) bond motifs is 1. The number of aliphatic hydroxyl groups is 1. The molecule has 1 aromatic rings. The Hall–Kier alpha value is -3.00. The van der Waals surface area contributed by atoms with Gasteiger partial charge in [-0.1, -0.05) is 6.08 Å². The zero-order valence-corrected chi connectivity index (χ0v) is 14.8. The Kier molecular flexibility index (Phi) is 5.09. The number of nitrogens with zero attached hydrogens (tertiary/aromatic N) is 2. The Morgan fingerprint density at radius 3 is 2.70 bits per heavy atom. The lowest BCUT2D eigenvalue weighted by Gasteiger charge is -2.44. The lowest BCUT2D eigenvalue weighted by molar-refractivity contribution is -0.384. The normalized spacial score (nSPS) is 22.1. The van der Waals surface area contributed by atoms with Crippen molar-refractivity contribution in [2.45, 2.75) is 38.5 Å². The minimum absolute atomic E-state index is 0.0463. The summed E-state index contributed by atoms with van der Waals surface area (Å²) >= 11 is 0. The Bertz CT molecular complexity index is 827. The number of amides is 1. The van der Waals surface area contributed by atoms with Crippen molar-refractivity contribution in [3.05, 3.63) is 63.9 Å². The first-order chi connectivity index (χ1) is 12.8. The van der Waals surface area contributed by atoms with Crippen LogP contribution in [-0.2, 0) is 20.9 Å². The van der Waals surface area contributed by atoms with E-state index in [1.54, 1.807) is 13.0 Å². The molecule has 0 unspecified atom stereocenters. The van der Waals surface area contributed by atoms with Crippen LogP contribution in [-0.4, -0.2) is 39.0 Å². The van der Waals surface area contributed by atoms with E-state index in [4.69, 9.17) is 4.74 Å². The molecule has 3 atom stereocenters. The van der Waals surface area contributed by atoms with Crippen molar-refractivity contribution in [3.63, 3.8) is 0 Å². The van der Waals surface area contributed by atoms with Crippen LogP contribution < -0.4 is 0 Å². The van der Waals surface area contributed by atoms with E-state index in [0.717, 1.165) is 5.57 Å². The van der Waals surface area contributed by atoms with Crippen molar-refractivity contribution in [1.82, 2.24) is 4.90 Å². The lowest BCUT2D eigenvalue weighted by Crippen LogP contribution is -2.61. The number of benzene rings is 1. The standard InChI is InChI=1S/C19H20N2O6/c1-3-4-13-9-15-16(11(2)22)18(23)20(15)17(13)19(24)27-10-12-5-7-14(8-6-12)21(25)26/h3,5-8,11,15-16,22H,1,4,9-10H2,2H3/t11-,15-,16-/m1/s1. The number of hydrogen-bond donors (Lipinski definition) is 1. The number of nitro groups is 1. The summed E-state index contributed by atoms with van der Waals surface area (Å²) in [5.74, 6) is -1.41. The SMILES string of the molecule is C=CCC1=C(C(=O)OCc2ccc([N+](=O)[O-])cc2)N2C(=O)[C@H]([C@@H](C)O)[C@H]2C1. The van der Waals surface area contributed by atoms with Crippen LogP contribution in [0.5, 0.6) is 0 Å². The van der Waals surface area contributed by atoms with E-state index >= 15 is 0 Å². The van der Waals surface area contributed by atoms with Crippen molar-refractivity contribution in [1.29, 1.82) is 0 Å². The van der Waals surface area contributed by atoms with Gasteiger partial charge in [0.1, 0.15) is 12.3 Å². The molecule has 8 heteroatoms. The molecule has 0 radical (unpaired) electrons. The molecule has 1 fully saturated rings. The van der Waals surface area contributed by atoms with Crippen molar-refractivity contribution < 1.29 is 24.4 Å². The summed E-state index contributed by atoms with van der Waals surface area (Å²) < 4.78 is 5.33. The van der Waals surface area contributed by atoms with Crippen molar-refractivity contribution in [2.24, 2.45) is 5.92 Å². The number of allylic oxidation sites excluding steroid dienone is 1. The van der Waals surface area contributed by atoms with Crippen LogP contribution in [0.3, 0.4) is 0 Å². The van der Waals surface area contributed by atoms with Gasteiger partial charge in [-0.2, -0.15) is 0 Å². The van der Waals surface area contributed by atoms with E-state index < -0.39 is 22.9 Å². The molecule has 2 aliphatic heterocycles. The van der Waals surface area contributed by atoms with Crippen LogP contribution in [0.1, 0.15) is 25.3 Å². The average molecular weight is 372 g/mol. The topological polar surface area (TPSA) is 110 Å². The lowest BCUT2D eigenvalue weighted by atomic mass is 9.83. The van der Waals surface area contributed by atoms with Gasteiger partial charge in [-0.25, -0.2) is 4.79 Å². The third-order valence-electron chi connectivity index (χ3n) is 4.92. The van der Waals surface area contributed by atoms with E-state index in [2.05, 4.69) is 6.58 Å². The van der Waals surface area contributed by atoms with Gasteiger partial charge in [-0.05, 0) is 43.0 Å². The van der Waals surface area contributed by atoms with Crippen LogP contribution in [0.25, 0.3) is 0 Å². The van der Waals surface area contributed by atoms with Crippen LogP contribution >= 0.6 is 0 Å². The van der Waals surface area contributed by atoms with E-state index in [1.807, 2.05) is 0 Å². The minimum Gasteiger partial charge on any atom is -0.456 e. The Morgan fingerprint density at radius 2 is 2.15 bits per heavy atom. The number of non-ortho nitro benzene ring substituents is 1. The number of rotatable bonds is 7. The molecule has 3 rings (SSSR count). The average Bonchev–Trinajstić information content (AvgIpc) is 2.94. The predicted octanol–water partition coefficient (Wildman–Crippen LogP) is 2.08. The Balaban J connectivity index is 1.72. The fourth-order valence-electron chi connectivity index (χ4n) is 3.64. The van der Waals surface area contributed by atoms with E-state index in [9.17, 15) is 24.8 Å². The van der Waals surface area contributed by atoms with Gasteiger partial charge in [0.25, 0.3) is 5.69 Å². The summed E-state index contributed by atoms with van der Waals surface area (Å²) in [7, 11) is 0. The molecule has 0 aliphatic carbocycles. The summed E-state index contributed by atoms with van der Waals surface area (Å²) in [6.45, 7) is 5.19. The predicted molar refractivity (Wildman–Crippen MR) is 95.2 cm³/mol. The van der Waals surface area contributed by atoms with Gasteiger partial charge in [0.2, 0.25) is 5.91 Å². The number of ether oxygens (including phenoxy) is 1. The first kappa shape index (κ1) is 18.8. The van der Waals surface area contributed by atoms with Gasteiger partial charge in [0.15, 0.2) is 0 Å². The number of hydrogen-bond acceptors (Lipinski definition) is 6. The summed E-state index contributed by atoms with van der Waals surface area (Å²) in [4.78, 5) is 36.6. The summed E-state index contributed by atoms with van der Waals surface area (Å²) in [5, 5.41) is 20.5. The molecule has 0 spiro atoms. The number of aliphatic hydroxyl groups excluding tert-OH is 1. The molecular weight excluding hydrogens is 352 g/mol. The molecular formula is C19H20N2O6. The summed E-state index contributed by atoms with van der Waals surface area (Å²) in [6.07, 6.45) is 1.84. The maximum absolute atomic E-state index is 12.6. The second-order valence-electron chi connectivity index (χ2n) is 6.69. The van der Waals surface area contributed by atoms with Crippen LogP contribution in [0, 0.1) is 16.0 Å². The number of nitro benzene ring substituents is 1. The van der Waals surface area contributed by atoms with Crippen molar-refractivity contribution >= 4 is 17.6 Å². The molecule has 8 nitrogen and oxygen atoms in total. The Labute approximate surface area is 155 Å². The van der Waals surface area contributed by atoms with Gasteiger partial charge in [-0.15, -0.1) is 6.58 Å². The molecule has 1 saturated heterocycles. The maximum Gasteiger partial charge on any atom is 0.355 e. The van der Waals surface area contributed by atoms with Crippen molar-refractivity contribution in [2.75, 3.05) is 0 Å². The molecule has 0 bridgehead atoms. The van der Waals surface area contributed by atoms with E-state index in [1.165, 1.54) is 29.2 Å². The molecule has 1 amide bonds. The van der Waals surface area contributed by atoms with Gasteiger partial charge in [-0.3, -0.25) is 14.9 Å². The smallest absolute Gasteiger partial charge is 0.355 e. The largest absolute Gasteiger partial charge is 0.456 e. The fourth-order valence-corrected chi connectivity index (χ4v) is 3.64. The van der Waals surface area contributed by atoms with Gasteiger partial charge >= 0.3 is 5.97 Å². The minimum atomic E-state index is -0.779. The molecule has 27 heavy (non-hydrogen) atoms. The third-order valence-corrected chi connectivity index (χ3v) is 4.92. The highest BCUT2D eigenvalue weighted by Crippen LogP contribution is 2.45. The van der Waals surface area contributed by atoms with E-state index in [0.29, 0.717) is 18.4 Å². The summed E-state index contributed by atoms with van der Waals surface area (Å²) in [6, 6.07) is 5.47. The first-order valence-corrected chi connectivity index (χ1v) is 8.59. The number of β-lactam (4-membered cyclic amide) rings is 1. The van der Waals surface area contributed by atoms with Crippen LogP contribution in [0.15, 0.2) is 48.2 Å². The second-order valence-corrected chi connectivity index (χ2v) is 6.69. The highest BCUT2D eigenvalue weighted by molar-refractivity contribution is 6.00. The monoisotopic (exact) mass is 372 g/mol. The first-order valence-electron chi connectivity index (χ1n) is 8.59. The molecule has 142 valence electrons. The number of carbonyl (C=O) groups excluding carboxylic acids is 2. The Morgan fingerprint density at radius 1 is 1.48 bits per heavy atom. The zero-order valence-electron chi connectivity index (χ0n) is 14.8. The number of esters is 1. The maximum atomic E-state index is 12.6. The third kappa shape index (κ3) is 3.35. The highest BCUT2D eigenvalue weighted by Gasteiger charge is 2.56. The summed E-state index contributed by atoms with van der Waals surface area (Å²) in [5.41, 5.74) is 1.55. The molecule has 2 heterocycles. The quantitative estimate of drug-likeness (QED) is 0.258. The van der Waals surface area contributed by atoms with Crippen LogP contribution in [0.2, 0.25) is 0 Å². The molecule has 2 aliphatic rings. The molecule has 1 aromatic carbocycles. The van der Waals surface area contributed by atoms with Gasteiger partial charge < -0.3 is 14.7 Å². The molecule has 0 saturated carbocycles. The zero-order chi connectivity index (χ0) is 19.7. The van der Waals surface area contributed by atoms with Crippen LogP contribution in [0.4, 0.5) is 5.69 Å². The number of carbonyl (C=O) groups is 2. The van der Waals surface area contributed by atoms with Gasteiger partial charge in [0.05, 0.1) is 23.0 Å². The van der Waals surface area contributed by atoms with Crippen molar-refractivity contribution in [3.8, 4) is 0 Å². The molecule has 0 aromatic heterocycles. The second kappa shape index (κ2) is 7.32. The van der Waals surface area contributed by atoms with Gasteiger partial charge in [0, 0.05) is 12.1 Å². The molecule has 1 N–H and O–H groups in total. The highest BCUT2D eigenvalue weighted by atomic mass is 16.6.